The largest absolute Gasteiger partial charge is 0.380 e. The molecule has 0 bridgehead atoms. The number of hydrogen-bond acceptors (Lipinski definition) is 3. The van der Waals surface area contributed by atoms with Gasteiger partial charge in [-0.2, -0.15) is 0 Å². The van der Waals surface area contributed by atoms with Crippen molar-refractivity contribution in [3.63, 3.8) is 0 Å². The van der Waals surface area contributed by atoms with Crippen LogP contribution in [0.5, 0.6) is 0 Å². The van der Waals surface area contributed by atoms with E-state index >= 15 is 0 Å². The Morgan fingerprint density at radius 3 is 2.47 bits per heavy atom. The molecule has 2 aromatic carbocycles. The Morgan fingerprint density at radius 1 is 1.07 bits per heavy atom. The number of hydrogen-bond donors (Lipinski definition) is 2. The molecule has 3 rings (SSSR count). The van der Waals surface area contributed by atoms with Gasteiger partial charge in [-0.25, -0.2) is 0 Å². The summed E-state index contributed by atoms with van der Waals surface area (Å²) in [5.41, 5.74) is 2.26. The Kier molecular flexibility index (Phi) is 11.2. The predicted octanol–water partition coefficient (Wildman–Crippen LogP) is 7.06. The van der Waals surface area contributed by atoms with Crippen LogP contribution in [-0.4, -0.2) is 16.9 Å². The van der Waals surface area contributed by atoms with Crippen molar-refractivity contribution in [3.8, 4) is 11.3 Å². The summed E-state index contributed by atoms with van der Waals surface area (Å²) in [6, 6.07) is 15.1. The van der Waals surface area contributed by atoms with Gasteiger partial charge >= 0.3 is 0 Å². The molecule has 1 amide bonds. The molecule has 0 aliphatic heterocycles. The summed E-state index contributed by atoms with van der Waals surface area (Å²) < 4.78 is 0. The number of fused-ring (bicyclic) bond motifs is 1. The number of pyridine rings is 1. The van der Waals surface area contributed by atoms with Gasteiger partial charge in [0, 0.05) is 22.8 Å². The fourth-order valence-corrected chi connectivity index (χ4v) is 2.89. The number of aromatic nitrogens is 1. The first-order valence-electron chi connectivity index (χ1n) is 10.4. The Hall–Kier alpha value is -2.85. The molecule has 30 heavy (non-hydrogen) atoms. The molecule has 0 spiro atoms. The number of nitrogens with zero attached hydrogens (tertiary/aromatic N) is 1. The van der Waals surface area contributed by atoms with Crippen molar-refractivity contribution in [2.24, 2.45) is 0 Å². The van der Waals surface area contributed by atoms with Gasteiger partial charge in [0.15, 0.2) is 0 Å². The molecule has 160 valence electrons. The molecule has 5 heteroatoms. The van der Waals surface area contributed by atoms with Crippen molar-refractivity contribution >= 4 is 34.0 Å². The number of nitrogens with one attached hydrogen (secondary N) is 2. The van der Waals surface area contributed by atoms with E-state index in [0.29, 0.717) is 10.7 Å². The van der Waals surface area contributed by atoms with Crippen LogP contribution in [-0.2, 0) is 4.79 Å². The van der Waals surface area contributed by atoms with Gasteiger partial charge in [0.1, 0.15) is 6.04 Å². The summed E-state index contributed by atoms with van der Waals surface area (Å²) in [6.45, 7) is 11.7. The van der Waals surface area contributed by atoms with Crippen molar-refractivity contribution in [2.75, 3.05) is 5.32 Å². The molecule has 1 aromatic heterocycles. The van der Waals surface area contributed by atoms with Crippen LogP contribution in [0.1, 0.15) is 41.5 Å². The number of benzene rings is 2. The van der Waals surface area contributed by atoms with E-state index in [9.17, 15) is 4.79 Å². The highest BCUT2D eigenvalue weighted by molar-refractivity contribution is 6.33. The van der Waals surface area contributed by atoms with Crippen LogP contribution in [0.3, 0.4) is 0 Å². The second-order valence-electron chi connectivity index (χ2n) is 5.95. The van der Waals surface area contributed by atoms with E-state index in [0.717, 1.165) is 22.0 Å². The Balaban J connectivity index is 0.00000106. The van der Waals surface area contributed by atoms with Gasteiger partial charge in [-0.15, -0.1) is 0 Å². The normalized spacial score (nSPS) is 11.0. The standard InChI is InChI=1S/C21H20ClN3O.2C2H6/c1-3-11-23-14(2)21(26)25-16-8-9-19(22)18(13-16)20-17-7-5-4-6-15(17)10-12-24-20;2*1-2/h3-14,23H,1-2H3,(H,25,26);2*1-2H3/b11-3-;;. The van der Waals surface area contributed by atoms with Gasteiger partial charge in [-0.05, 0) is 49.7 Å². The van der Waals surface area contributed by atoms with E-state index < -0.39 is 0 Å². The average molecular weight is 426 g/mol. The molecule has 0 aliphatic rings. The first kappa shape index (κ1) is 25.2. The fraction of sp³-hybridized carbons (Fsp3) is 0.280. The van der Waals surface area contributed by atoms with Crippen molar-refractivity contribution in [1.82, 2.24) is 10.3 Å². The summed E-state index contributed by atoms with van der Waals surface area (Å²) in [5.74, 6) is -0.123. The van der Waals surface area contributed by atoms with Gasteiger partial charge in [0.05, 0.1) is 10.7 Å². The third-order valence-corrected chi connectivity index (χ3v) is 4.40. The maximum Gasteiger partial charge on any atom is 0.246 e. The lowest BCUT2D eigenvalue weighted by Crippen LogP contribution is -2.34. The number of carbonyl (C=O) groups excluding carboxylic acids is 1. The molecule has 1 heterocycles. The van der Waals surface area contributed by atoms with Gasteiger partial charge in [0.25, 0.3) is 0 Å². The monoisotopic (exact) mass is 425 g/mol. The first-order valence-corrected chi connectivity index (χ1v) is 10.8. The minimum atomic E-state index is -0.346. The van der Waals surface area contributed by atoms with Crippen LogP contribution >= 0.6 is 11.6 Å². The number of allylic oxidation sites excluding steroid dienone is 1. The molecule has 0 saturated heterocycles. The van der Waals surface area contributed by atoms with Gasteiger partial charge in [-0.3, -0.25) is 9.78 Å². The van der Waals surface area contributed by atoms with E-state index in [4.69, 9.17) is 11.6 Å². The lowest BCUT2D eigenvalue weighted by atomic mass is 10.0. The van der Waals surface area contributed by atoms with Crippen molar-refractivity contribution in [3.05, 3.63) is 72.0 Å². The maximum atomic E-state index is 12.3. The molecular weight excluding hydrogens is 394 g/mol. The zero-order valence-electron chi connectivity index (χ0n) is 18.7. The number of amides is 1. The number of carbonyl (C=O) groups is 1. The first-order chi connectivity index (χ1) is 14.6. The highest BCUT2D eigenvalue weighted by Gasteiger charge is 2.14. The maximum absolute atomic E-state index is 12.3. The Labute approximate surface area is 185 Å². The Morgan fingerprint density at radius 2 is 1.77 bits per heavy atom. The highest BCUT2D eigenvalue weighted by Crippen LogP contribution is 2.33. The topological polar surface area (TPSA) is 54.0 Å². The third kappa shape index (κ3) is 6.60. The number of anilines is 1. The molecular formula is C25H32ClN3O. The Bertz CT molecular complexity index is 964. The van der Waals surface area contributed by atoms with Crippen LogP contribution in [0.25, 0.3) is 22.0 Å². The predicted molar refractivity (Wildman–Crippen MR) is 131 cm³/mol. The zero-order valence-corrected chi connectivity index (χ0v) is 19.4. The van der Waals surface area contributed by atoms with Crippen molar-refractivity contribution < 1.29 is 4.79 Å². The minimum Gasteiger partial charge on any atom is -0.380 e. The van der Waals surface area contributed by atoms with E-state index in [2.05, 4.69) is 15.6 Å². The third-order valence-electron chi connectivity index (χ3n) is 4.07. The SMILES string of the molecule is C/C=C\NC(C)C(=O)Nc1ccc(Cl)c(-c2nccc3ccccc23)c1.CC.CC. The number of halogens is 1. The summed E-state index contributed by atoms with van der Waals surface area (Å²) in [6.07, 6.45) is 5.36. The van der Waals surface area contributed by atoms with Gasteiger partial charge < -0.3 is 10.6 Å². The molecule has 2 N–H and O–H groups in total. The minimum absolute atomic E-state index is 0.123. The van der Waals surface area contributed by atoms with Gasteiger partial charge in [0.2, 0.25) is 5.91 Å². The smallest absolute Gasteiger partial charge is 0.246 e. The second kappa shape index (κ2) is 13.4. The molecule has 0 fully saturated rings. The zero-order chi connectivity index (χ0) is 22.5. The summed E-state index contributed by atoms with van der Waals surface area (Å²) in [4.78, 5) is 16.8. The van der Waals surface area contributed by atoms with E-state index in [1.807, 2.05) is 77.1 Å². The van der Waals surface area contributed by atoms with E-state index in [1.54, 1.807) is 31.5 Å². The van der Waals surface area contributed by atoms with Crippen LogP contribution in [0.2, 0.25) is 5.02 Å². The molecule has 4 nitrogen and oxygen atoms in total. The summed E-state index contributed by atoms with van der Waals surface area (Å²) >= 11 is 6.42. The van der Waals surface area contributed by atoms with Crippen LogP contribution in [0.15, 0.2) is 67.0 Å². The quantitative estimate of drug-likeness (QED) is 0.460. The summed E-state index contributed by atoms with van der Waals surface area (Å²) in [5, 5.41) is 8.61. The summed E-state index contributed by atoms with van der Waals surface area (Å²) in [7, 11) is 0. The van der Waals surface area contributed by atoms with E-state index in [1.165, 1.54) is 0 Å². The van der Waals surface area contributed by atoms with E-state index in [-0.39, 0.29) is 11.9 Å². The number of rotatable bonds is 5. The fourth-order valence-electron chi connectivity index (χ4n) is 2.69. The lowest BCUT2D eigenvalue weighted by molar-refractivity contribution is -0.117. The van der Waals surface area contributed by atoms with Crippen LogP contribution in [0, 0.1) is 0 Å². The van der Waals surface area contributed by atoms with Crippen molar-refractivity contribution in [2.45, 2.75) is 47.6 Å². The van der Waals surface area contributed by atoms with Crippen LogP contribution < -0.4 is 10.6 Å². The van der Waals surface area contributed by atoms with Crippen LogP contribution in [0.4, 0.5) is 5.69 Å². The van der Waals surface area contributed by atoms with Crippen molar-refractivity contribution in [1.29, 1.82) is 0 Å². The molecule has 1 unspecified atom stereocenters. The average Bonchev–Trinajstić information content (AvgIpc) is 2.81. The van der Waals surface area contributed by atoms with Gasteiger partial charge in [-0.1, -0.05) is 69.6 Å². The lowest BCUT2D eigenvalue weighted by Gasteiger charge is -2.14. The second-order valence-corrected chi connectivity index (χ2v) is 6.36. The molecule has 3 aromatic rings. The highest BCUT2D eigenvalue weighted by atomic mass is 35.5. The molecule has 0 aliphatic carbocycles. The molecule has 1 atom stereocenters. The molecule has 0 saturated carbocycles. The molecule has 0 radical (unpaired) electrons.